The Bertz CT molecular complexity index is 1170. The minimum atomic E-state index is 0.285. The van der Waals surface area contributed by atoms with E-state index in [0.29, 0.717) is 27.8 Å². The monoisotopic (exact) mass is 310 g/mol. The zero-order chi connectivity index (χ0) is 16.7. The lowest BCUT2D eigenvalue weighted by Crippen LogP contribution is -2.01. The number of aromatic nitrogens is 3. The number of nitriles is 2. The lowest BCUT2D eigenvalue weighted by Gasteiger charge is -2.07. The summed E-state index contributed by atoms with van der Waals surface area (Å²) >= 11 is 0. The van der Waals surface area contributed by atoms with Crippen molar-refractivity contribution in [2.45, 2.75) is 0 Å². The molecular weight excluding hydrogens is 300 g/mol. The fourth-order valence-electron chi connectivity index (χ4n) is 2.72. The topological polar surface area (TPSA) is 104 Å². The lowest BCUT2D eigenvalue weighted by molar-refractivity contribution is 1.11. The summed E-state index contributed by atoms with van der Waals surface area (Å²) in [6.07, 6.45) is 0. The van der Waals surface area contributed by atoms with Crippen LogP contribution in [0.4, 0.5) is 5.82 Å². The zero-order valence-electron chi connectivity index (χ0n) is 12.4. The molecule has 0 bridgehead atoms. The summed E-state index contributed by atoms with van der Waals surface area (Å²) in [7, 11) is 0. The van der Waals surface area contributed by atoms with Crippen LogP contribution in [0, 0.1) is 22.7 Å². The summed E-state index contributed by atoms with van der Waals surface area (Å²) in [5.41, 5.74) is 10.2. The summed E-state index contributed by atoms with van der Waals surface area (Å²) in [5, 5.41) is 18.4. The molecule has 2 heterocycles. The molecule has 24 heavy (non-hydrogen) atoms. The van der Waals surface area contributed by atoms with E-state index in [1.165, 1.54) is 0 Å². The third-order valence-corrected chi connectivity index (χ3v) is 3.86. The summed E-state index contributed by atoms with van der Waals surface area (Å²) in [6.45, 7) is 0. The number of anilines is 1. The standard InChI is InChI=1S/C18H10N6/c19-9-11-5-7-12(8-6-11)24-17(21)13(10-20)16-18(24)23-15-4-2-1-3-14(15)22-16/h1-8H,21H2. The van der Waals surface area contributed by atoms with Gasteiger partial charge in [-0.1, -0.05) is 12.1 Å². The molecule has 0 saturated carbocycles. The number of fused-ring (bicyclic) bond motifs is 2. The number of benzene rings is 2. The van der Waals surface area contributed by atoms with Gasteiger partial charge in [-0.15, -0.1) is 0 Å². The maximum absolute atomic E-state index is 9.48. The quantitative estimate of drug-likeness (QED) is 0.582. The van der Waals surface area contributed by atoms with E-state index < -0.39 is 0 Å². The van der Waals surface area contributed by atoms with Crippen molar-refractivity contribution in [2.75, 3.05) is 5.73 Å². The van der Waals surface area contributed by atoms with Crippen molar-refractivity contribution < 1.29 is 0 Å². The molecule has 0 amide bonds. The Hall–Kier alpha value is -3.90. The van der Waals surface area contributed by atoms with E-state index in [2.05, 4.69) is 22.1 Å². The Balaban J connectivity index is 2.10. The number of para-hydroxylation sites is 2. The lowest BCUT2D eigenvalue weighted by atomic mass is 10.2. The first-order valence-electron chi connectivity index (χ1n) is 7.20. The smallest absolute Gasteiger partial charge is 0.167 e. The molecule has 112 valence electrons. The highest BCUT2D eigenvalue weighted by Gasteiger charge is 2.19. The van der Waals surface area contributed by atoms with Crippen LogP contribution in [0.5, 0.6) is 0 Å². The number of nitrogens with two attached hydrogens (primary N) is 1. The molecule has 6 nitrogen and oxygen atoms in total. The van der Waals surface area contributed by atoms with Crippen molar-refractivity contribution in [2.24, 2.45) is 0 Å². The van der Waals surface area contributed by atoms with Crippen molar-refractivity contribution in [3.63, 3.8) is 0 Å². The van der Waals surface area contributed by atoms with Gasteiger partial charge in [0.15, 0.2) is 5.65 Å². The second-order valence-electron chi connectivity index (χ2n) is 5.25. The van der Waals surface area contributed by atoms with Crippen LogP contribution in [-0.2, 0) is 0 Å². The molecule has 0 radical (unpaired) electrons. The van der Waals surface area contributed by atoms with Gasteiger partial charge >= 0.3 is 0 Å². The number of hydrogen-bond acceptors (Lipinski definition) is 5. The van der Waals surface area contributed by atoms with Gasteiger partial charge in [0.05, 0.1) is 22.7 Å². The van der Waals surface area contributed by atoms with Gasteiger partial charge in [-0.25, -0.2) is 9.97 Å². The molecule has 2 N–H and O–H groups in total. The molecule has 2 aromatic carbocycles. The maximum atomic E-state index is 9.48. The molecule has 0 aliphatic rings. The Morgan fingerprint density at radius 2 is 1.54 bits per heavy atom. The average molecular weight is 310 g/mol. The molecule has 0 aliphatic carbocycles. The van der Waals surface area contributed by atoms with Gasteiger partial charge in [-0.3, -0.25) is 4.57 Å². The van der Waals surface area contributed by atoms with Crippen LogP contribution in [0.2, 0.25) is 0 Å². The summed E-state index contributed by atoms with van der Waals surface area (Å²) in [5.74, 6) is 0.285. The van der Waals surface area contributed by atoms with Crippen LogP contribution in [0.3, 0.4) is 0 Å². The van der Waals surface area contributed by atoms with Gasteiger partial charge in [0.25, 0.3) is 0 Å². The minimum Gasteiger partial charge on any atom is -0.384 e. The first-order chi connectivity index (χ1) is 11.7. The van der Waals surface area contributed by atoms with Gasteiger partial charge in [-0.05, 0) is 36.4 Å². The first-order valence-corrected chi connectivity index (χ1v) is 7.20. The molecule has 2 aromatic heterocycles. The van der Waals surface area contributed by atoms with E-state index in [1.54, 1.807) is 28.8 Å². The predicted octanol–water partition coefficient (Wildman–Crippen LogP) is 2.90. The van der Waals surface area contributed by atoms with E-state index in [1.807, 2.05) is 24.3 Å². The molecule has 4 rings (SSSR count). The molecule has 0 unspecified atom stereocenters. The van der Waals surface area contributed by atoms with Crippen molar-refractivity contribution in [3.05, 3.63) is 59.7 Å². The van der Waals surface area contributed by atoms with Crippen LogP contribution in [-0.4, -0.2) is 14.5 Å². The molecule has 0 saturated heterocycles. The fourth-order valence-corrected chi connectivity index (χ4v) is 2.72. The minimum absolute atomic E-state index is 0.285. The Labute approximate surface area is 137 Å². The number of hydrogen-bond donors (Lipinski definition) is 1. The van der Waals surface area contributed by atoms with Crippen LogP contribution in [0.25, 0.3) is 27.9 Å². The molecule has 0 atom stereocenters. The van der Waals surface area contributed by atoms with Crippen LogP contribution in [0.15, 0.2) is 48.5 Å². The van der Waals surface area contributed by atoms with Crippen molar-refractivity contribution in [1.29, 1.82) is 10.5 Å². The Kier molecular flexibility index (Phi) is 2.91. The van der Waals surface area contributed by atoms with E-state index in [0.717, 1.165) is 11.2 Å². The van der Waals surface area contributed by atoms with Gasteiger partial charge in [-0.2, -0.15) is 10.5 Å². The van der Waals surface area contributed by atoms with Crippen LogP contribution < -0.4 is 5.73 Å². The summed E-state index contributed by atoms with van der Waals surface area (Å²) < 4.78 is 1.69. The highest BCUT2D eigenvalue weighted by molar-refractivity contribution is 5.93. The number of rotatable bonds is 1. The van der Waals surface area contributed by atoms with Crippen molar-refractivity contribution in [3.8, 4) is 17.8 Å². The molecular formula is C18H10N6. The van der Waals surface area contributed by atoms with Crippen molar-refractivity contribution >= 4 is 28.0 Å². The normalized spacial score (nSPS) is 10.6. The van der Waals surface area contributed by atoms with E-state index in [9.17, 15) is 5.26 Å². The molecule has 6 heteroatoms. The van der Waals surface area contributed by atoms with Gasteiger partial charge in [0.2, 0.25) is 0 Å². The Morgan fingerprint density at radius 1 is 0.875 bits per heavy atom. The molecule has 4 aromatic rings. The third-order valence-electron chi connectivity index (χ3n) is 3.86. The molecule has 0 spiro atoms. The zero-order valence-corrected chi connectivity index (χ0v) is 12.4. The molecule has 0 fully saturated rings. The predicted molar refractivity (Wildman–Crippen MR) is 90.2 cm³/mol. The third kappa shape index (κ3) is 1.88. The van der Waals surface area contributed by atoms with Crippen LogP contribution in [0.1, 0.15) is 11.1 Å². The SMILES string of the molecule is N#Cc1ccc(-n2c(N)c(C#N)c3nc4ccccc4nc32)cc1. The van der Waals surface area contributed by atoms with E-state index in [-0.39, 0.29) is 5.82 Å². The van der Waals surface area contributed by atoms with Gasteiger partial charge in [0, 0.05) is 5.69 Å². The largest absolute Gasteiger partial charge is 0.384 e. The number of nitrogen functional groups attached to an aromatic ring is 1. The highest BCUT2D eigenvalue weighted by atomic mass is 15.1. The average Bonchev–Trinajstić information content (AvgIpc) is 2.90. The second-order valence-corrected chi connectivity index (χ2v) is 5.25. The molecule has 0 aliphatic heterocycles. The number of nitrogens with zero attached hydrogens (tertiary/aromatic N) is 5. The Morgan fingerprint density at radius 3 is 2.17 bits per heavy atom. The van der Waals surface area contributed by atoms with Gasteiger partial charge < -0.3 is 5.73 Å². The van der Waals surface area contributed by atoms with Crippen molar-refractivity contribution in [1.82, 2.24) is 14.5 Å². The van der Waals surface area contributed by atoms with E-state index >= 15 is 0 Å². The maximum Gasteiger partial charge on any atom is 0.167 e. The van der Waals surface area contributed by atoms with Gasteiger partial charge in [0.1, 0.15) is 23.0 Å². The first kappa shape index (κ1) is 13.7. The fraction of sp³-hybridized carbons (Fsp3) is 0. The van der Waals surface area contributed by atoms with Crippen LogP contribution >= 0.6 is 0 Å². The summed E-state index contributed by atoms with van der Waals surface area (Å²) in [4.78, 5) is 9.18. The van der Waals surface area contributed by atoms with E-state index in [4.69, 9.17) is 11.0 Å². The summed E-state index contributed by atoms with van der Waals surface area (Å²) in [6, 6.07) is 18.6. The highest BCUT2D eigenvalue weighted by Crippen LogP contribution is 2.30. The second kappa shape index (κ2) is 5.08.